The van der Waals surface area contributed by atoms with Gasteiger partial charge in [-0.05, 0) is 17.7 Å². The minimum Gasteiger partial charge on any atom is -0.478 e. The molecule has 0 atom stereocenters. The van der Waals surface area contributed by atoms with Crippen molar-refractivity contribution in [3.8, 4) is 0 Å². The lowest BCUT2D eigenvalue weighted by molar-refractivity contribution is 0.0696. The largest absolute Gasteiger partial charge is 0.478 e. The average Bonchev–Trinajstić information content (AvgIpc) is 2.34. The molecule has 1 aromatic rings. The zero-order valence-corrected chi connectivity index (χ0v) is 9.27. The Morgan fingerprint density at radius 1 is 1.29 bits per heavy atom. The van der Waals surface area contributed by atoms with Crippen LogP contribution >= 0.6 is 0 Å². The van der Waals surface area contributed by atoms with E-state index in [2.05, 4.69) is 10.6 Å². The quantitative estimate of drug-likeness (QED) is 0.584. The van der Waals surface area contributed by atoms with Gasteiger partial charge in [0.15, 0.2) is 0 Å². The summed E-state index contributed by atoms with van der Waals surface area (Å²) in [5.41, 5.74) is 6.16. The molecule has 0 unspecified atom stereocenters. The van der Waals surface area contributed by atoms with Crippen LogP contribution in [0.3, 0.4) is 0 Å². The molecule has 0 aliphatic heterocycles. The smallest absolute Gasteiger partial charge is 0.335 e. The van der Waals surface area contributed by atoms with E-state index in [9.17, 15) is 9.59 Å². The molecule has 1 rings (SSSR count). The van der Waals surface area contributed by atoms with E-state index in [1.807, 2.05) is 0 Å². The van der Waals surface area contributed by atoms with Gasteiger partial charge in [-0.3, -0.25) is 0 Å². The Morgan fingerprint density at radius 3 is 2.71 bits per heavy atom. The van der Waals surface area contributed by atoms with E-state index in [0.29, 0.717) is 13.1 Å². The summed E-state index contributed by atoms with van der Waals surface area (Å²) in [5, 5.41) is 13.9. The maximum atomic E-state index is 11.2. The molecular weight excluding hydrogens is 222 g/mol. The third-order valence-corrected chi connectivity index (χ3v) is 2.06. The fourth-order valence-corrected chi connectivity index (χ4v) is 1.24. The minimum absolute atomic E-state index is 0.201. The number of nitrogens with one attached hydrogen (secondary N) is 2. The molecule has 0 aromatic heterocycles. The van der Waals surface area contributed by atoms with E-state index in [-0.39, 0.29) is 18.1 Å². The fraction of sp³-hybridized carbons (Fsp3) is 0.273. The Bertz CT molecular complexity index is 407. The summed E-state index contributed by atoms with van der Waals surface area (Å²) in [5.74, 6) is -0.987. The number of amides is 2. The Labute approximate surface area is 98.8 Å². The van der Waals surface area contributed by atoms with Crippen molar-refractivity contribution >= 4 is 12.0 Å². The van der Waals surface area contributed by atoms with Crippen LogP contribution in [0, 0.1) is 0 Å². The lowest BCUT2D eigenvalue weighted by atomic mass is 10.1. The molecular formula is C11H15N3O3. The number of aromatic carboxylic acids is 1. The highest BCUT2D eigenvalue weighted by Crippen LogP contribution is 2.04. The number of hydrogen-bond acceptors (Lipinski definition) is 3. The Hall–Kier alpha value is -2.08. The monoisotopic (exact) mass is 237 g/mol. The van der Waals surface area contributed by atoms with Gasteiger partial charge in [0.05, 0.1) is 5.56 Å². The van der Waals surface area contributed by atoms with E-state index in [0.717, 1.165) is 5.56 Å². The van der Waals surface area contributed by atoms with Gasteiger partial charge >= 0.3 is 12.0 Å². The van der Waals surface area contributed by atoms with Gasteiger partial charge < -0.3 is 21.5 Å². The van der Waals surface area contributed by atoms with Crippen molar-refractivity contribution in [2.45, 2.75) is 6.54 Å². The van der Waals surface area contributed by atoms with Crippen LogP contribution in [0.2, 0.25) is 0 Å². The van der Waals surface area contributed by atoms with Crippen molar-refractivity contribution in [2.24, 2.45) is 5.73 Å². The van der Waals surface area contributed by atoms with Crippen LogP contribution < -0.4 is 16.4 Å². The maximum absolute atomic E-state index is 11.2. The highest BCUT2D eigenvalue weighted by Gasteiger charge is 2.04. The summed E-state index contributed by atoms with van der Waals surface area (Å²) in [7, 11) is 0. The summed E-state index contributed by atoms with van der Waals surface area (Å²) in [6, 6.07) is 6.08. The highest BCUT2D eigenvalue weighted by atomic mass is 16.4. The van der Waals surface area contributed by atoms with Crippen molar-refractivity contribution in [3.05, 3.63) is 35.4 Å². The van der Waals surface area contributed by atoms with Gasteiger partial charge in [0.25, 0.3) is 0 Å². The molecule has 6 heteroatoms. The lowest BCUT2D eigenvalue weighted by Gasteiger charge is -2.07. The van der Waals surface area contributed by atoms with Crippen molar-refractivity contribution in [2.75, 3.05) is 13.1 Å². The lowest BCUT2D eigenvalue weighted by Crippen LogP contribution is -2.37. The second kappa shape index (κ2) is 6.49. The van der Waals surface area contributed by atoms with E-state index in [1.54, 1.807) is 12.1 Å². The number of carboxylic acids is 1. The molecule has 6 nitrogen and oxygen atoms in total. The Morgan fingerprint density at radius 2 is 2.06 bits per heavy atom. The fourth-order valence-electron chi connectivity index (χ4n) is 1.24. The van der Waals surface area contributed by atoms with E-state index in [1.165, 1.54) is 12.1 Å². The number of hydrogen-bond donors (Lipinski definition) is 4. The molecule has 92 valence electrons. The normalized spacial score (nSPS) is 9.71. The van der Waals surface area contributed by atoms with Crippen LogP contribution in [-0.2, 0) is 6.54 Å². The van der Waals surface area contributed by atoms with Crippen molar-refractivity contribution in [1.82, 2.24) is 10.6 Å². The number of nitrogens with two attached hydrogens (primary N) is 1. The van der Waals surface area contributed by atoms with E-state index >= 15 is 0 Å². The summed E-state index contributed by atoms with van der Waals surface area (Å²) in [6.07, 6.45) is 0. The molecule has 0 spiro atoms. The standard InChI is InChI=1S/C11H15N3O3/c12-4-5-13-11(17)14-7-8-2-1-3-9(6-8)10(15)16/h1-3,6H,4-5,7,12H2,(H,15,16)(H2,13,14,17). The van der Waals surface area contributed by atoms with Crippen molar-refractivity contribution in [1.29, 1.82) is 0 Å². The number of rotatable bonds is 5. The van der Waals surface area contributed by atoms with Gasteiger partial charge in [-0.1, -0.05) is 12.1 Å². The van der Waals surface area contributed by atoms with Crippen molar-refractivity contribution < 1.29 is 14.7 Å². The van der Waals surface area contributed by atoms with Crippen molar-refractivity contribution in [3.63, 3.8) is 0 Å². The van der Waals surface area contributed by atoms with Crippen LogP contribution in [-0.4, -0.2) is 30.2 Å². The summed E-state index contributed by atoms with van der Waals surface area (Å²) >= 11 is 0. The molecule has 0 fully saturated rings. The first-order valence-corrected chi connectivity index (χ1v) is 5.17. The predicted octanol–water partition coefficient (Wildman–Crippen LogP) is 0.143. The highest BCUT2D eigenvalue weighted by molar-refractivity contribution is 5.87. The van der Waals surface area contributed by atoms with E-state index < -0.39 is 5.97 Å². The molecule has 2 amide bonds. The zero-order valence-electron chi connectivity index (χ0n) is 9.27. The van der Waals surface area contributed by atoms with Gasteiger partial charge in [0.2, 0.25) is 0 Å². The maximum Gasteiger partial charge on any atom is 0.335 e. The average molecular weight is 237 g/mol. The Kier molecular flexibility index (Phi) is 4.96. The molecule has 0 bridgehead atoms. The molecule has 17 heavy (non-hydrogen) atoms. The van der Waals surface area contributed by atoms with Gasteiger partial charge in [-0.15, -0.1) is 0 Å². The Balaban J connectivity index is 2.49. The molecule has 0 saturated heterocycles. The number of benzene rings is 1. The second-order valence-corrected chi connectivity index (χ2v) is 3.40. The summed E-state index contributed by atoms with van der Waals surface area (Å²) in [4.78, 5) is 21.9. The zero-order chi connectivity index (χ0) is 12.7. The van der Waals surface area contributed by atoms with Crippen LogP contribution in [0.5, 0.6) is 0 Å². The first-order chi connectivity index (χ1) is 8.13. The number of carboxylic acid groups (broad SMARTS) is 1. The minimum atomic E-state index is -0.987. The number of carbonyl (C=O) groups is 2. The van der Waals surface area contributed by atoms with Crippen LogP contribution in [0.1, 0.15) is 15.9 Å². The molecule has 0 saturated carbocycles. The molecule has 5 N–H and O–H groups in total. The SMILES string of the molecule is NCCNC(=O)NCc1cccc(C(=O)O)c1. The van der Waals surface area contributed by atoms with Gasteiger partial charge in [-0.25, -0.2) is 9.59 Å². The van der Waals surface area contributed by atoms with Gasteiger partial charge in [-0.2, -0.15) is 0 Å². The topological polar surface area (TPSA) is 104 Å². The first-order valence-electron chi connectivity index (χ1n) is 5.17. The molecule has 0 aliphatic carbocycles. The number of carbonyl (C=O) groups excluding carboxylic acids is 1. The van der Waals surface area contributed by atoms with Crippen LogP contribution in [0.15, 0.2) is 24.3 Å². The second-order valence-electron chi connectivity index (χ2n) is 3.40. The van der Waals surface area contributed by atoms with E-state index in [4.69, 9.17) is 10.8 Å². The predicted molar refractivity (Wildman–Crippen MR) is 62.7 cm³/mol. The summed E-state index contributed by atoms with van der Waals surface area (Å²) in [6.45, 7) is 1.06. The summed E-state index contributed by atoms with van der Waals surface area (Å²) < 4.78 is 0. The molecule has 0 heterocycles. The number of urea groups is 1. The van der Waals surface area contributed by atoms with Crippen LogP contribution in [0.4, 0.5) is 4.79 Å². The molecule has 0 radical (unpaired) electrons. The van der Waals surface area contributed by atoms with Gasteiger partial charge in [0, 0.05) is 19.6 Å². The van der Waals surface area contributed by atoms with Crippen LogP contribution in [0.25, 0.3) is 0 Å². The third kappa shape index (κ3) is 4.52. The third-order valence-electron chi connectivity index (χ3n) is 2.06. The van der Waals surface area contributed by atoms with Gasteiger partial charge in [0.1, 0.15) is 0 Å². The molecule has 0 aliphatic rings. The molecule has 1 aromatic carbocycles. The first kappa shape index (κ1) is 13.0.